The number of nitrogens with two attached hydrogens (primary N) is 1. The number of thiophene rings is 1. The van der Waals surface area contributed by atoms with Crippen LogP contribution in [0.15, 0.2) is 35.7 Å². The summed E-state index contributed by atoms with van der Waals surface area (Å²) in [7, 11) is 0. The number of nitrogen functional groups attached to an aromatic ring is 1. The van der Waals surface area contributed by atoms with Crippen LogP contribution in [0.5, 0.6) is 0 Å². The van der Waals surface area contributed by atoms with Crippen LogP contribution in [0.4, 0.5) is 5.69 Å². The summed E-state index contributed by atoms with van der Waals surface area (Å²) in [4.78, 5) is 3.49. The molecule has 0 spiro atoms. The summed E-state index contributed by atoms with van der Waals surface area (Å²) < 4.78 is 0. The summed E-state index contributed by atoms with van der Waals surface area (Å²) in [5.41, 5.74) is 7.22. The summed E-state index contributed by atoms with van der Waals surface area (Å²) in [6.45, 7) is 5.03. The molecule has 3 nitrogen and oxygen atoms in total. The molecule has 0 aliphatic carbocycles. The van der Waals surface area contributed by atoms with E-state index in [1.54, 1.807) is 17.4 Å². The number of hydrogen-bond donors (Lipinski definition) is 2. The van der Waals surface area contributed by atoms with Gasteiger partial charge in [-0.1, -0.05) is 23.7 Å². The van der Waals surface area contributed by atoms with Crippen LogP contribution in [-0.2, 0) is 6.54 Å². The number of nitrogens with zero attached hydrogens (tertiary/aromatic N) is 1. The molecule has 20 heavy (non-hydrogen) atoms. The van der Waals surface area contributed by atoms with Crippen molar-refractivity contribution in [3.63, 3.8) is 0 Å². The molecule has 0 fully saturated rings. The van der Waals surface area contributed by atoms with E-state index in [0.717, 1.165) is 12.2 Å². The van der Waals surface area contributed by atoms with Gasteiger partial charge in [-0.2, -0.15) is 0 Å². The fourth-order valence-corrected chi connectivity index (χ4v) is 3.11. The Bertz CT molecular complexity index is 593. The standard InChI is InChI=1S/C15H18ClN3S/c1-10(2)19(9-11-5-4-8-20-11)13-7-3-6-12(16)14(13)15(17)18/h3-8,10H,9H2,1-2H3,(H3,17,18). The van der Waals surface area contributed by atoms with Crippen molar-refractivity contribution in [2.24, 2.45) is 5.73 Å². The van der Waals surface area contributed by atoms with Crippen LogP contribution in [0, 0.1) is 5.41 Å². The molecule has 0 atom stereocenters. The van der Waals surface area contributed by atoms with E-state index in [0.29, 0.717) is 10.6 Å². The Morgan fingerprint density at radius 2 is 2.10 bits per heavy atom. The number of anilines is 1. The maximum Gasteiger partial charge on any atom is 0.126 e. The Morgan fingerprint density at radius 1 is 1.35 bits per heavy atom. The molecule has 0 aliphatic rings. The molecular formula is C15H18ClN3S. The van der Waals surface area contributed by atoms with Crippen molar-refractivity contribution in [2.45, 2.75) is 26.4 Å². The third-order valence-corrected chi connectivity index (χ3v) is 4.28. The molecule has 0 radical (unpaired) electrons. The van der Waals surface area contributed by atoms with Crippen molar-refractivity contribution in [1.29, 1.82) is 5.41 Å². The third kappa shape index (κ3) is 3.14. The predicted octanol–water partition coefficient (Wildman–Crippen LogP) is 4.10. The molecule has 2 aromatic rings. The zero-order chi connectivity index (χ0) is 14.7. The molecule has 3 N–H and O–H groups in total. The van der Waals surface area contributed by atoms with Crippen molar-refractivity contribution in [2.75, 3.05) is 4.90 Å². The largest absolute Gasteiger partial charge is 0.384 e. The van der Waals surface area contributed by atoms with E-state index in [1.165, 1.54) is 4.88 Å². The Hall–Kier alpha value is -1.52. The lowest BCUT2D eigenvalue weighted by Gasteiger charge is -2.30. The number of halogens is 1. The van der Waals surface area contributed by atoms with Gasteiger partial charge in [0.05, 0.1) is 17.1 Å². The molecule has 5 heteroatoms. The smallest absolute Gasteiger partial charge is 0.126 e. The Labute approximate surface area is 128 Å². The van der Waals surface area contributed by atoms with Gasteiger partial charge in [-0.15, -0.1) is 11.3 Å². The zero-order valence-corrected chi connectivity index (χ0v) is 13.1. The molecule has 1 aromatic heterocycles. The second-order valence-corrected chi connectivity index (χ2v) is 6.29. The molecule has 2 rings (SSSR count). The molecule has 0 unspecified atom stereocenters. The monoisotopic (exact) mass is 307 g/mol. The summed E-state index contributed by atoms with van der Waals surface area (Å²) in [5, 5.41) is 10.4. The van der Waals surface area contributed by atoms with E-state index in [2.05, 4.69) is 30.2 Å². The Kier molecular flexibility index (Phi) is 4.68. The maximum absolute atomic E-state index is 7.77. The van der Waals surface area contributed by atoms with Crippen molar-refractivity contribution in [1.82, 2.24) is 0 Å². The SMILES string of the molecule is CC(C)N(Cc1cccs1)c1cccc(Cl)c1C(=N)N. The van der Waals surface area contributed by atoms with Gasteiger partial charge in [-0.25, -0.2) is 0 Å². The lowest BCUT2D eigenvalue weighted by Crippen LogP contribution is -2.32. The van der Waals surface area contributed by atoms with Gasteiger partial charge in [0.1, 0.15) is 5.84 Å². The number of amidine groups is 1. The molecule has 1 aromatic carbocycles. The molecule has 0 aliphatic heterocycles. The van der Waals surface area contributed by atoms with E-state index >= 15 is 0 Å². The molecule has 0 saturated carbocycles. The van der Waals surface area contributed by atoms with Crippen LogP contribution in [0.1, 0.15) is 24.3 Å². The van der Waals surface area contributed by atoms with Crippen molar-refractivity contribution >= 4 is 34.5 Å². The van der Waals surface area contributed by atoms with E-state index in [4.69, 9.17) is 22.7 Å². The minimum absolute atomic E-state index is 0.00225. The summed E-state index contributed by atoms with van der Waals surface area (Å²) >= 11 is 7.93. The summed E-state index contributed by atoms with van der Waals surface area (Å²) in [6.07, 6.45) is 0. The molecule has 0 saturated heterocycles. The van der Waals surface area contributed by atoms with E-state index in [9.17, 15) is 0 Å². The fraction of sp³-hybridized carbons (Fsp3) is 0.267. The van der Waals surface area contributed by atoms with Crippen LogP contribution < -0.4 is 10.6 Å². The maximum atomic E-state index is 7.77. The Morgan fingerprint density at radius 3 is 2.65 bits per heavy atom. The minimum atomic E-state index is 0.00225. The highest BCUT2D eigenvalue weighted by Gasteiger charge is 2.18. The van der Waals surface area contributed by atoms with E-state index in [1.807, 2.05) is 18.2 Å². The minimum Gasteiger partial charge on any atom is -0.384 e. The summed E-state index contributed by atoms with van der Waals surface area (Å²) in [5.74, 6) is 0.00225. The quantitative estimate of drug-likeness (QED) is 0.645. The number of nitrogens with one attached hydrogen (secondary N) is 1. The highest BCUT2D eigenvalue weighted by molar-refractivity contribution is 7.09. The van der Waals surface area contributed by atoms with Gasteiger partial charge in [0.2, 0.25) is 0 Å². The molecule has 106 valence electrons. The first-order chi connectivity index (χ1) is 9.50. The van der Waals surface area contributed by atoms with Gasteiger partial charge in [0.25, 0.3) is 0 Å². The second-order valence-electron chi connectivity index (χ2n) is 4.85. The number of rotatable bonds is 5. The van der Waals surface area contributed by atoms with E-state index < -0.39 is 0 Å². The van der Waals surface area contributed by atoms with Crippen LogP contribution in [-0.4, -0.2) is 11.9 Å². The van der Waals surface area contributed by atoms with Gasteiger partial charge >= 0.3 is 0 Å². The normalized spacial score (nSPS) is 10.8. The fourth-order valence-electron chi connectivity index (χ4n) is 2.14. The second kappa shape index (κ2) is 6.29. The van der Waals surface area contributed by atoms with Crippen LogP contribution in [0.3, 0.4) is 0 Å². The molecular weight excluding hydrogens is 290 g/mol. The van der Waals surface area contributed by atoms with Gasteiger partial charge in [0.15, 0.2) is 0 Å². The third-order valence-electron chi connectivity index (χ3n) is 3.10. The van der Waals surface area contributed by atoms with Crippen molar-refractivity contribution in [3.8, 4) is 0 Å². The summed E-state index contributed by atoms with van der Waals surface area (Å²) in [6, 6.07) is 10.1. The lowest BCUT2D eigenvalue weighted by molar-refractivity contribution is 0.686. The number of benzene rings is 1. The van der Waals surface area contributed by atoms with Crippen molar-refractivity contribution in [3.05, 3.63) is 51.2 Å². The molecule has 0 bridgehead atoms. The average molecular weight is 308 g/mol. The number of hydrogen-bond acceptors (Lipinski definition) is 3. The Balaban J connectivity index is 2.44. The first-order valence-electron chi connectivity index (χ1n) is 6.42. The average Bonchev–Trinajstić information content (AvgIpc) is 2.87. The zero-order valence-electron chi connectivity index (χ0n) is 11.6. The first kappa shape index (κ1) is 14.9. The van der Waals surface area contributed by atoms with Gasteiger partial charge < -0.3 is 10.6 Å². The predicted molar refractivity (Wildman–Crippen MR) is 88.1 cm³/mol. The van der Waals surface area contributed by atoms with Crippen LogP contribution in [0.25, 0.3) is 0 Å². The van der Waals surface area contributed by atoms with Crippen LogP contribution in [0.2, 0.25) is 5.02 Å². The topological polar surface area (TPSA) is 53.1 Å². The van der Waals surface area contributed by atoms with Gasteiger partial charge in [0, 0.05) is 16.6 Å². The first-order valence-corrected chi connectivity index (χ1v) is 7.68. The lowest BCUT2D eigenvalue weighted by atomic mass is 10.1. The van der Waals surface area contributed by atoms with E-state index in [-0.39, 0.29) is 11.9 Å². The highest BCUT2D eigenvalue weighted by Crippen LogP contribution is 2.30. The van der Waals surface area contributed by atoms with Gasteiger partial charge in [-0.05, 0) is 37.4 Å². The van der Waals surface area contributed by atoms with Crippen molar-refractivity contribution < 1.29 is 0 Å². The highest BCUT2D eigenvalue weighted by atomic mass is 35.5. The van der Waals surface area contributed by atoms with Gasteiger partial charge in [-0.3, -0.25) is 5.41 Å². The molecule has 0 amide bonds. The molecule has 1 heterocycles. The van der Waals surface area contributed by atoms with Crippen LogP contribution >= 0.6 is 22.9 Å².